The van der Waals surface area contributed by atoms with Crippen molar-refractivity contribution in [2.24, 2.45) is 20.0 Å². The number of aryl methyl sites for hydroxylation is 3. The highest BCUT2D eigenvalue weighted by atomic mass is 16.2. The van der Waals surface area contributed by atoms with Gasteiger partial charge in [-0.15, -0.1) is 0 Å². The van der Waals surface area contributed by atoms with Crippen LogP contribution in [0.2, 0.25) is 0 Å². The Morgan fingerprint density at radius 3 is 2.59 bits per heavy atom. The fraction of sp³-hybridized carbons (Fsp3) is 0.581. The molecule has 1 aliphatic carbocycles. The molecule has 0 spiro atoms. The van der Waals surface area contributed by atoms with Crippen molar-refractivity contribution < 1.29 is 14.4 Å². The van der Waals surface area contributed by atoms with Crippen molar-refractivity contribution in [2.75, 3.05) is 26.2 Å². The highest BCUT2D eigenvalue weighted by Gasteiger charge is 2.33. The molecule has 2 N–H and O–H groups in total. The van der Waals surface area contributed by atoms with Gasteiger partial charge in [-0.05, 0) is 57.4 Å². The van der Waals surface area contributed by atoms with E-state index in [0.717, 1.165) is 30.5 Å². The molecule has 1 atom stereocenters. The fourth-order valence-corrected chi connectivity index (χ4v) is 6.36. The highest BCUT2D eigenvalue weighted by molar-refractivity contribution is 6.05. The monoisotopic (exact) mass is 606 g/mol. The van der Waals surface area contributed by atoms with E-state index < -0.39 is 17.2 Å². The van der Waals surface area contributed by atoms with Crippen molar-refractivity contribution in [3.63, 3.8) is 0 Å². The summed E-state index contributed by atoms with van der Waals surface area (Å²) in [6.45, 7) is 7.51. The maximum atomic E-state index is 14.0. The van der Waals surface area contributed by atoms with E-state index >= 15 is 0 Å². The van der Waals surface area contributed by atoms with Crippen molar-refractivity contribution in [3.05, 3.63) is 55.1 Å². The summed E-state index contributed by atoms with van der Waals surface area (Å²) < 4.78 is 3.00. The van der Waals surface area contributed by atoms with Gasteiger partial charge < -0.3 is 15.1 Å². The van der Waals surface area contributed by atoms with Crippen LogP contribution in [0.1, 0.15) is 83.7 Å². The van der Waals surface area contributed by atoms with Crippen molar-refractivity contribution in [1.82, 2.24) is 39.4 Å². The first-order valence-electron chi connectivity index (χ1n) is 15.5. The van der Waals surface area contributed by atoms with Gasteiger partial charge >= 0.3 is 5.69 Å². The van der Waals surface area contributed by atoms with Crippen LogP contribution in [0.25, 0.3) is 11.0 Å². The van der Waals surface area contributed by atoms with E-state index in [4.69, 9.17) is 0 Å². The number of fused-ring (bicyclic) bond motifs is 2. The lowest BCUT2D eigenvalue weighted by Gasteiger charge is -2.35. The molecule has 2 aliphatic rings. The number of carbonyl (C=O) groups is 3. The number of aromatic amines is 1. The Morgan fingerprint density at radius 2 is 1.84 bits per heavy atom. The Labute approximate surface area is 255 Å². The van der Waals surface area contributed by atoms with Crippen molar-refractivity contribution in [3.8, 4) is 0 Å². The van der Waals surface area contributed by atoms with Crippen LogP contribution in [0.15, 0.2) is 15.7 Å². The van der Waals surface area contributed by atoms with Gasteiger partial charge in [-0.1, -0.05) is 13.8 Å². The van der Waals surface area contributed by atoms with E-state index in [1.165, 1.54) is 11.6 Å². The third kappa shape index (κ3) is 6.18. The molecule has 0 radical (unpaired) electrons. The zero-order valence-electron chi connectivity index (χ0n) is 26.2. The second-order valence-electron chi connectivity index (χ2n) is 12.4. The number of hydrogen-bond acceptors (Lipinski definition) is 7. The summed E-state index contributed by atoms with van der Waals surface area (Å²) >= 11 is 0. The summed E-state index contributed by atoms with van der Waals surface area (Å²) in [5.41, 5.74) is 1.82. The molecule has 0 saturated heterocycles. The summed E-state index contributed by atoms with van der Waals surface area (Å²) in [7, 11) is 3.35. The molecule has 236 valence electrons. The molecule has 5 rings (SSSR count). The summed E-state index contributed by atoms with van der Waals surface area (Å²) in [5.74, 6) is -0.198. The number of carbonyl (C=O) groups excluding carboxylic acids is 3. The van der Waals surface area contributed by atoms with E-state index in [9.17, 15) is 24.0 Å². The minimum absolute atomic E-state index is 0.0307. The lowest BCUT2D eigenvalue weighted by molar-refractivity contribution is -0.134. The standard InChI is InChI=1S/C31H42N8O5/c1-18(2)11-15-39-20-9-10-23-21(17-20)26(35-37(23)5)29(42)32-12-7-14-38(13-6-8-24(39)40)30(43)22-16-19(3)33-27-25(22)28(41)34-31(44)36(27)4/h16,18,20H,6-15,17H2,1-5H3,(H,32,42)(H,34,41,44). The smallest absolute Gasteiger partial charge is 0.329 e. The van der Waals surface area contributed by atoms with Gasteiger partial charge in [-0.2, -0.15) is 5.10 Å². The van der Waals surface area contributed by atoms with Crippen molar-refractivity contribution in [2.45, 2.75) is 71.8 Å². The quantitative estimate of drug-likeness (QED) is 0.456. The number of pyridine rings is 1. The molecule has 13 heteroatoms. The number of aromatic nitrogens is 5. The predicted octanol–water partition coefficient (Wildman–Crippen LogP) is 1.45. The maximum Gasteiger partial charge on any atom is 0.329 e. The first kappa shape index (κ1) is 31.1. The first-order valence-corrected chi connectivity index (χ1v) is 15.5. The average Bonchev–Trinajstić information content (AvgIpc) is 3.31. The predicted molar refractivity (Wildman–Crippen MR) is 165 cm³/mol. The Balaban J connectivity index is 1.47. The fourth-order valence-electron chi connectivity index (χ4n) is 6.36. The van der Waals surface area contributed by atoms with Crippen LogP contribution in [0.4, 0.5) is 0 Å². The minimum Gasteiger partial charge on any atom is -0.351 e. The number of nitrogens with zero attached hydrogens (tertiary/aromatic N) is 6. The van der Waals surface area contributed by atoms with E-state index in [1.807, 2.05) is 11.9 Å². The number of amides is 3. The molecule has 3 aromatic rings. The minimum atomic E-state index is -0.678. The Kier molecular flexibility index (Phi) is 9.02. The molecule has 13 nitrogen and oxygen atoms in total. The lowest BCUT2D eigenvalue weighted by Crippen LogP contribution is -2.45. The Morgan fingerprint density at radius 1 is 1.09 bits per heavy atom. The summed E-state index contributed by atoms with van der Waals surface area (Å²) in [6.07, 6.45) is 4.18. The van der Waals surface area contributed by atoms with E-state index in [1.54, 1.807) is 22.6 Å². The Bertz CT molecular complexity index is 1720. The van der Waals surface area contributed by atoms with Gasteiger partial charge in [0, 0.05) is 69.7 Å². The van der Waals surface area contributed by atoms with Gasteiger partial charge in [0.25, 0.3) is 17.4 Å². The van der Waals surface area contributed by atoms with E-state index in [-0.39, 0.29) is 40.9 Å². The normalized spacial score (nSPS) is 18.4. The summed E-state index contributed by atoms with van der Waals surface area (Å²) in [5, 5.41) is 7.57. The number of hydrogen-bond donors (Lipinski definition) is 2. The lowest BCUT2D eigenvalue weighted by atomic mass is 9.89. The number of H-pyrrole nitrogens is 1. The SMILES string of the molecule is Cc1cc(C(=O)N2CCCNC(=O)c3nn(C)c4c3CC(CC4)N(CCC(C)C)C(=O)CCC2)c2c(=O)[nH]c(=O)n(C)c2n1. The molecule has 4 heterocycles. The van der Waals surface area contributed by atoms with Crippen LogP contribution in [0.3, 0.4) is 0 Å². The zero-order valence-corrected chi connectivity index (χ0v) is 26.2. The molecule has 3 aromatic heterocycles. The highest BCUT2D eigenvalue weighted by Crippen LogP contribution is 2.28. The van der Waals surface area contributed by atoms with Gasteiger partial charge in [-0.3, -0.25) is 33.4 Å². The van der Waals surface area contributed by atoms with Crippen LogP contribution >= 0.6 is 0 Å². The van der Waals surface area contributed by atoms with Gasteiger partial charge in [0.1, 0.15) is 5.65 Å². The summed E-state index contributed by atoms with van der Waals surface area (Å²) in [4.78, 5) is 76.4. The van der Waals surface area contributed by atoms with Gasteiger partial charge in [0.05, 0.1) is 10.9 Å². The second-order valence-corrected chi connectivity index (χ2v) is 12.4. The van der Waals surface area contributed by atoms with Gasteiger partial charge in [0.2, 0.25) is 5.91 Å². The molecule has 0 aromatic carbocycles. The van der Waals surface area contributed by atoms with E-state index in [2.05, 4.69) is 34.2 Å². The number of rotatable bonds is 4. The van der Waals surface area contributed by atoms with E-state index in [0.29, 0.717) is 62.7 Å². The molecule has 44 heavy (non-hydrogen) atoms. The van der Waals surface area contributed by atoms with Crippen LogP contribution in [0.5, 0.6) is 0 Å². The zero-order chi connectivity index (χ0) is 31.7. The van der Waals surface area contributed by atoms with Gasteiger partial charge in [-0.25, -0.2) is 9.78 Å². The second kappa shape index (κ2) is 12.7. The first-order chi connectivity index (χ1) is 21.0. The summed E-state index contributed by atoms with van der Waals surface area (Å²) in [6, 6.07) is 1.53. The molecule has 1 aliphatic heterocycles. The van der Waals surface area contributed by atoms with Crippen LogP contribution in [0, 0.1) is 12.8 Å². The third-order valence-electron chi connectivity index (χ3n) is 8.78. The molecule has 1 unspecified atom stereocenters. The van der Waals surface area contributed by atoms with Crippen LogP contribution < -0.4 is 16.6 Å². The molecular weight excluding hydrogens is 564 g/mol. The average molecular weight is 607 g/mol. The van der Waals surface area contributed by atoms with Crippen LogP contribution in [-0.4, -0.2) is 84.1 Å². The molecule has 0 saturated carbocycles. The van der Waals surface area contributed by atoms with Gasteiger partial charge in [0.15, 0.2) is 5.69 Å². The maximum absolute atomic E-state index is 14.0. The number of nitrogens with one attached hydrogen (secondary N) is 2. The van der Waals surface area contributed by atoms with Crippen molar-refractivity contribution in [1.29, 1.82) is 0 Å². The Hall–Kier alpha value is -4.29. The third-order valence-corrected chi connectivity index (χ3v) is 8.78. The molecule has 0 fully saturated rings. The topological polar surface area (TPSA) is 155 Å². The molecule has 3 amide bonds. The molecular formula is C31H42N8O5. The molecule has 2 bridgehead atoms. The largest absolute Gasteiger partial charge is 0.351 e. The van der Waals surface area contributed by atoms with Crippen LogP contribution in [-0.2, 0) is 31.7 Å². The van der Waals surface area contributed by atoms with Crippen molar-refractivity contribution >= 4 is 28.8 Å².